The van der Waals surface area contributed by atoms with Gasteiger partial charge in [-0.2, -0.15) is 5.10 Å². The Hall–Kier alpha value is -3.49. The summed E-state index contributed by atoms with van der Waals surface area (Å²) in [7, 11) is 0. The van der Waals surface area contributed by atoms with E-state index in [9.17, 15) is 19.7 Å². The Morgan fingerprint density at radius 2 is 1.96 bits per heavy atom. The van der Waals surface area contributed by atoms with Crippen LogP contribution in [0, 0.1) is 10.1 Å². The molecule has 1 saturated carbocycles. The van der Waals surface area contributed by atoms with Gasteiger partial charge in [0.15, 0.2) is 0 Å². The number of furan rings is 1. The van der Waals surface area contributed by atoms with Gasteiger partial charge in [-0.1, -0.05) is 31.4 Å². The summed E-state index contributed by atoms with van der Waals surface area (Å²) < 4.78 is 5.63. The molecular formula is C19H18N4O5. The second-order valence-electron chi connectivity index (χ2n) is 6.94. The fraction of sp³-hybridized carbons (Fsp3) is 0.316. The number of hydrazone groups is 1. The van der Waals surface area contributed by atoms with E-state index in [-0.39, 0.29) is 11.6 Å². The largest absolute Gasteiger partial charge is 0.455 e. The summed E-state index contributed by atoms with van der Waals surface area (Å²) in [6.45, 7) is 0. The monoisotopic (exact) mass is 382 g/mol. The van der Waals surface area contributed by atoms with Crippen LogP contribution in [0.1, 0.15) is 37.9 Å². The van der Waals surface area contributed by atoms with Crippen molar-refractivity contribution in [2.75, 3.05) is 0 Å². The molecule has 0 unspecified atom stereocenters. The number of nitro groups is 1. The molecule has 1 aliphatic carbocycles. The van der Waals surface area contributed by atoms with Crippen LogP contribution in [0.2, 0.25) is 0 Å². The normalized spacial score (nSPS) is 18.8. The van der Waals surface area contributed by atoms with Crippen LogP contribution in [0.4, 0.5) is 10.5 Å². The summed E-state index contributed by atoms with van der Waals surface area (Å²) in [4.78, 5) is 35.3. The molecule has 28 heavy (non-hydrogen) atoms. The van der Waals surface area contributed by atoms with Crippen LogP contribution in [0.15, 0.2) is 45.9 Å². The molecule has 0 atom stereocenters. The van der Waals surface area contributed by atoms with Crippen LogP contribution in [0.25, 0.3) is 11.3 Å². The molecule has 3 amide bonds. The molecule has 2 aromatic rings. The van der Waals surface area contributed by atoms with Gasteiger partial charge in [0.1, 0.15) is 17.1 Å². The Balaban J connectivity index is 1.52. The first-order chi connectivity index (χ1) is 13.5. The molecule has 1 N–H and O–H groups in total. The molecule has 9 nitrogen and oxygen atoms in total. The summed E-state index contributed by atoms with van der Waals surface area (Å²) in [5.41, 5.74) is -0.324. The maximum Gasteiger partial charge on any atom is 0.346 e. The summed E-state index contributed by atoms with van der Waals surface area (Å²) in [6.07, 6.45) is 5.40. The highest BCUT2D eigenvalue weighted by Gasteiger charge is 2.51. The van der Waals surface area contributed by atoms with Crippen LogP contribution < -0.4 is 5.32 Å². The van der Waals surface area contributed by atoms with Gasteiger partial charge < -0.3 is 9.73 Å². The number of carbonyl (C=O) groups excluding carboxylic acids is 2. The van der Waals surface area contributed by atoms with Crippen molar-refractivity contribution in [3.63, 3.8) is 0 Å². The van der Waals surface area contributed by atoms with Crippen molar-refractivity contribution in [3.05, 3.63) is 52.3 Å². The number of amides is 3. The van der Waals surface area contributed by atoms with Gasteiger partial charge in [0.05, 0.1) is 11.1 Å². The van der Waals surface area contributed by atoms with Gasteiger partial charge in [-0.3, -0.25) is 14.9 Å². The molecule has 1 aliphatic heterocycles. The number of imide groups is 1. The van der Waals surface area contributed by atoms with Gasteiger partial charge in [-0.05, 0) is 25.0 Å². The van der Waals surface area contributed by atoms with Crippen molar-refractivity contribution < 1.29 is 18.9 Å². The molecule has 1 saturated heterocycles. The summed E-state index contributed by atoms with van der Waals surface area (Å²) >= 11 is 0. The Labute approximate surface area is 160 Å². The third-order valence-corrected chi connectivity index (χ3v) is 5.12. The molecule has 1 aromatic carbocycles. The molecule has 0 bridgehead atoms. The molecule has 1 aromatic heterocycles. The van der Waals surface area contributed by atoms with Crippen LogP contribution >= 0.6 is 0 Å². The zero-order chi connectivity index (χ0) is 19.7. The summed E-state index contributed by atoms with van der Waals surface area (Å²) in [5, 5.41) is 18.5. The maximum atomic E-state index is 12.7. The SMILES string of the molecule is O=C1NC2(CCCCC2)C(=O)N1/N=C/c1ccc(-c2cccc([N+](=O)[O-])c2)o1. The molecule has 2 fully saturated rings. The van der Waals surface area contributed by atoms with Crippen LogP contribution in [0.5, 0.6) is 0 Å². The molecule has 9 heteroatoms. The highest BCUT2D eigenvalue weighted by molar-refractivity contribution is 6.07. The smallest absolute Gasteiger partial charge is 0.346 e. The van der Waals surface area contributed by atoms with Gasteiger partial charge >= 0.3 is 6.03 Å². The van der Waals surface area contributed by atoms with Crippen molar-refractivity contribution in [1.82, 2.24) is 10.3 Å². The van der Waals surface area contributed by atoms with E-state index >= 15 is 0 Å². The minimum Gasteiger partial charge on any atom is -0.455 e. The zero-order valence-electron chi connectivity index (χ0n) is 15.0. The molecule has 0 radical (unpaired) electrons. The summed E-state index contributed by atoms with van der Waals surface area (Å²) in [6, 6.07) is 8.80. The van der Waals surface area contributed by atoms with E-state index in [2.05, 4.69) is 10.4 Å². The van der Waals surface area contributed by atoms with Crippen molar-refractivity contribution in [2.45, 2.75) is 37.6 Å². The molecule has 2 aliphatic rings. The lowest BCUT2D eigenvalue weighted by molar-refractivity contribution is -0.384. The number of nitro benzene ring substituents is 1. The summed E-state index contributed by atoms with van der Waals surface area (Å²) in [5.74, 6) is 0.414. The van der Waals surface area contributed by atoms with E-state index < -0.39 is 16.5 Å². The molecule has 1 spiro atoms. The molecule has 4 rings (SSSR count). The van der Waals surface area contributed by atoms with Crippen molar-refractivity contribution >= 4 is 23.8 Å². The Kier molecular flexibility index (Phi) is 4.42. The first-order valence-electron chi connectivity index (χ1n) is 9.04. The molecule has 2 heterocycles. The zero-order valence-corrected chi connectivity index (χ0v) is 15.0. The van der Waals surface area contributed by atoms with Gasteiger partial charge in [0, 0.05) is 17.7 Å². The predicted molar refractivity (Wildman–Crippen MR) is 99.6 cm³/mol. The minimum absolute atomic E-state index is 0.0405. The third-order valence-electron chi connectivity index (χ3n) is 5.12. The van der Waals surface area contributed by atoms with E-state index in [0.29, 0.717) is 29.9 Å². The number of carbonyl (C=O) groups is 2. The fourth-order valence-electron chi connectivity index (χ4n) is 3.67. The number of rotatable bonds is 4. The van der Waals surface area contributed by atoms with Crippen LogP contribution in [-0.2, 0) is 4.79 Å². The number of hydrogen-bond donors (Lipinski definition) is 1. The van der Waals surface area contributed by atoms with Crippen LogP contribution in [0.3, 0.4) is 0 Å². The van der Waals surface area contributed by atoms with Gasteiger partial charge in [0.25, 0.3) is 11.6 Å². The quantitative estimate of drug-likeness (QED) is 0.376. The van der Waals surface area contributed by atoms with Gasteiger partial charge in [0.2, 0.25) is 0 Å². The molecular weight excluding hydrogens is 364 g/mol. The second-order valence-corrected chi connectivity index (χ2v) is 6.94. The average molecular weight is 382 g/mol. The standard InChI is InChI=1S/C19H18N4O5/c24-17-19(9-2-1-3-10-19)21-18(25)22(17)20-12-15-7-8-16(28-15)13-5-4-6-14(11-13)23(26)27/h4-8,11-12H,1-3,9-10H2,(H,21,25)/b20-12+. The van der Waals surface area contributed by atoms with Gasteiger partial charge in [-0.25, -0.2) is 4.79 Å². The highest BCUT2D eigenvalue weighted by Crippen LogP contribution is 2.33. The van der Waals surface area contributed by atoms with Crippen molar-refractivity contribution in [2.24, 2.45) is 5.10 Å². The lowest BCUT2D eigenvalue weighted by Crippen LogP contribution is -2.48. The third kappa shape index (κ3) is 3.15. The van der Waals surface area contributed by atoms with E-state index in [1.165, 1.54) is 18.3 Å². The van der Waals surface area contributed by atoms with E-state index in [1.54, 1.807) is 24.3 Å². The number of urea groups is 1. The number of non-ortho nitro benzene ring substituents is 1. The minimum atomic E-state index is -0.829. The maximum absolute atomic E-state index is 12.7. The van der Waals surface area contributed by atoms with Crippen LogP contribution in [-0.4, -0.2) is 33.6 Å². The number of hydrogen-bond acceptors (Lipinski definition) is 6. The van der Waals surface area contributed by atoms with E-state index in [4.69, 9.17) is 4.42 Å². The Morgan fingerprint density at radius 3 is 2.71 bits per heavy atom. The van der Waals surface area contributed by atoms with E-state index in [0.717, 1.165) is 24.3 Å². The lowest BCUT2D eigenvalue weighted by Gasteiger charge is -2.29. The first-order valence-corrected chi connectivity index (χ1v) is 9.04. The van der Waals surface area contributed by atoms with E-state index in [1.807, 2.05) is 0 Å². The van der Waals surface area contributed by atoms with Gasteiger partial charge in [-0.15, -0.1) is 5.01 Å². The van der Waals surface area contributed by atoms with Crippen molar-refractivity contribution in [3.8, 4) is 11.3 Å². The lowest BCUT2D eigenvalue weighted by atomic mass is 9.82. The number of nitrogens with zero attached hydrogens (tertiary/aromatic N) is 3. The molecule has 144 valence electrons. The first kappa shape index (κ1) is 17.9. The highest BCUT2D eigenvalue weighted by atomic mass is 16.6. The fourth-order valence-corrected chi connectivity index (χ4v) is 3.67. The van der Waals surface area contributed by atoms with Crippen molar-refractivity contribution in [1.29, 1.82) is 0 Å². The number of benzene rings is 1. The average Bonchev–Trinajstić information content (AvgIpc) is 3.25. The Morgan fingerprint density at radius 1 is 1.18 bits per heavy atom. The topological polar surface area (TPSA) is 118 Å². The predicted octanol–water partition coefficient (Wildman–Crippen LogP) is 3.44. The Bertz CT molecular complexity index is 974. The number of nitrogens with one attached hydrogen (secondary N) is 1. The second kappa shape index (κ2) is 6.91.